The molecule has 1 saturated heterocycles. The maximum atomic E-state index is 12.7. The number of rotatable bonds is 5. The van der Waals surface area contributed by atoms with E-state index in [1.165, 1.54) is 11.8 Å². The van der Waals surface area contributed by atoms with Crippen LogP contribution in [0.5, 0.6) is 0 Å². The van der Waals surface area contributed by atoms with E-state index >= 15 is 0 Å². The number of thiophene rings is 1. The Balaban J connectivity index is 0.00000261. The minimum atomic E-state index is -0.164. The summed E-state index contributed by atoms with van der Waals surface area (Å²) < 4.78 is 0. The number of aryl methyl sites for hydroxylation is 2. The molecule has 150 valence electrons. The lowest BCUT2D eigenvalue weighted by Gasteiger charge is -2.33. The predicted octanol–water partition coefficient (Wildman–Crippen LogP) is 2.86. The molecule has 1 atom stereocenters. The van der Waals surface area contributed by atoms with Crippen molar-refractivity contribution in [1.82, 2.24) is 20.2 Å². The molecule has 27 heavy (non-hydrogen) atoms. The van der Waals surface area contributed by atoms with E-state index < -0.39 is 0 Å². The molecule has 1 aliphatic heterocycles. The highest BCUT2D eigenvalue weighted by molar-refractivity contribution is 7.99. The van der Waals surface area contributed by atoms with E-state index in [9.17, 15) is 9.59 Å². The van der Waals surface area contributed by atoms with Crippen molar-refractivity contribution in [2.75, 3.05) is 20.1 Å². The summed E-state index contributed by atoms with van der Waals surface area (Å²) in [5, 5.41) is 3.85. The second-order valence-corrected chi connectivity index (χ2v) is 9.39. The Bertz CT molecular complexity index is 861. The van der Waals surface area contributed by atoms with Gasteiger partial charge in [-0.2, -0.15) is 0 Å². The minimum Gasteiger partial charge on any atom is -0.342 e. The van der Waals surface area contributed by atoms with Gasteiger partial charge in [-0.25, -0.2) is 4.98 Å². The highest BCUT2D eigenvalue weighted by Gasteiger charge is 2.26. The van der Waals surface area contributed by atoms with Crippen LogP contribution in [0.1, 0.15) is 36.0 Å². The summed E-state index contributed by atoms with van der Waals surface area (Å²) >= 11 is 3.07. The van der Waals surface area contributed by atoms with Crippen molar-refractivity contribution in [3.05, 3.63) is 26.6 Å². The Morgan fingerprint density at radius 2 is 2.04 bits per heavy atom. The lowest BCUT2D eigenvalue weighted by atomic mass is 10.1. The molecule has 0 aromatic carbocycles. The topological polar surface area (TPSA) is 78.1 Å². The normalized spacial score (nSPS) is 16.1. The predicted molar refractivity (Wildman–Crippen MR) is 116 cm³/mol. The Morgan fingerprint density at radius 3 is 2.70 bits per heavy atom. The molecule has 0 aliphatic carbocycles. The summed E-state index contributed by atoms with van der Waals surface area (Å²) in [7, 11) is 1.90. The molecular weight excluding hydrogens is 404 g/mol. The number of nitrogens with zero attached hydrogens (tertiary/aromatic N) is 2. The molecule has 3 rings (SSSR count). The third kappa shape index (κ3) is 4.85. The molecule has 2 N–H and O–H groups in total. The molecule has 0 spiro atoms. The summed E-state index contributed by atoms with van der Waals surface area (Å²) in [6.07, 6.45) is 2.00. The zero-order valence-corrected chi connectivity index (χ0v) is 18.6. The summed E-state index contributed by atoms with van der Waals surface area (Å²) in [5.74, 6) is 1.31. The molecule has 0 radical (unpaired) electrons. The van der Waals surface area contributed by atoms with Gasteiger partial charge in [0.2, 0.25) is 5.91 Å². The number of aromatic amines is 1. The van der Waals surface area contributed by atoms with Crippen molar-refractivity contribution in [1.29, 1.82) is 0 Å². The van der Waals surface area contributed by atoms with E-state index in [2.05, 4.69) is 15.3 Å². The van der Waals surface area contributed by atoms with Crippen LogP contribution in [0.4, 0.5) is 0 Å². The number of hydrogen-bond donors (Lipinski definition) is 2. The first-order valence-corrected chi connectivity index (χ1v) is 10.8. The Kier molecular flexibility index (Phi) is 7.73. The van der Waals surface area contributed by atoms with Crippen LogP contribution < -0.4 is 10.9 Å². The fraction of sp³-hybridized carbons (Fsp3) is 0.611. The van der Waals surface area contributed by atoms with Gasteiger partial charge in [0.25, 0.3) is 5.56 Å². The van der Waals surface area contributed by atoms with Gasteiger partial charge in [0.05, 0.1) is 16.4 Å². The van der Waals surface area contributed by atoms with Crippen molar-refractivity contribution < 1.29 is 4.79 Å². The van der Waals surface area contributed by atoms with Crippen molar-refractivity contribution in [3.8, 4) is 0 Å². The first kappa shape index (κ1) is 22.2. The first-order valence-electron chi connectivity index (χ1n) is 8.96. The van der Waals surface area contributed by atoms with Crippen molar-refractivity contribution in [2.45, 2.75) is 50.7 Å². The fourth-order valence-electron chi connectivity index (χ4n) is 3.30. The Morgan fingerprint density at radius 1 is 1.37 bits per heavy atom. The highest BCUT2D eigenvalue weighted by Crippen LogP contribution is 2.27. The third-order valence-corrected chi connectivity index (χ3v) is 7.35. The van der Waals surface area contributed by atoms with Gasteiger partial charge in [-0.1, -0.05) is 0 Å². The van der Waals surface area contributed by atoms with E-state index in [-0.39, 0.29) is 29.1 Å². The second-order valence-electron chi connectivity index (χ2n) is 6.86. The number of H-pyrrole nitrogens is 1. The Labute approximate surface area is 173 Å². The van der Waals surface area contributed by atoms with Gasteiger partial charge in [0.1, 0.15) is 10.7 Å². The first-order chi connectivity index (χ1) is 12.4. The Hall–Kier alpha value is -1.09. The van der Waals surface area contributed by atoms with E-state index in [0.29, 0.717) is 23.0 Å². The monoisotopic (exact) mass is 430 g/mol. The minimum absolute atomic E-state index is 0. The molecule has 6 nitrogen and oxygen atoms in total. The van der Waals surface area contributed by atoms with Gasteiger partial charge in [-0.05, 0) is 52.3 Å². The number of carbonyl (C=O) groups is 1. The summed E-state index contributed by atoms with van der Waals surface area (Å²) in [4.78, 5) is 36.3. The van der Waals surface area contributed by atoms with Crippen LogP contribution >= 0.6 is 35.5 Å². The molecule has 0 saturated carbocycles. The zero-order chi connectivity index (χ0) is 18.8. The van der Waals surface area contributed by atoms with Gasteiger partial charge in [0.15, 0.2) is 0 Å². The van der Waals surface area contributed by atoms with Crippen LogP contribution in [0.3, 0.4) is 0 Å². The number of amides is 1. The van der Waals surface area contributed by atoms with E-state index in [0.717, 1.165) is 41.2 Å². The smallest absolute Gasteiger partial charge is 0.259 e. The van der Waals surface area contributed by atoms with Crippen molar-refractivity contribution >= 4 is 51.6 Å². The molecule has 1 fully saturated rings. The summed E-state index contributed by atoms with van der Waals surface area (Å²) in [6, 6.07) is 0.318. The van der Waals surface area contributed by atoms with E-state index in [1.54, 1.807) is 11.3 Å². The number of piperidine rings is 1. The zero-order valence-electron chi connectivity index (χ0n) is 16.1. The number of fused-ring (bicyclic) bond motifs is 1. The molecule has 9 heteroatoms. The van der Waals surface area contributed by atoms with E-state index in [1.807, 2.05) is 32.7 Å². The summed E-state index contributed by atoms with van der Waals surface area (Å²) in [6.45, 7) is 7.83. The fourth-order valence-corrected chi connectivity index (χ4v) is 5.21. The maximum Gasteiger partial charge on any atom is 0.259 e. The highest BCUT2D eigenvalue weighted by atomic mass is 35.5. The summed E-state index contributed by atoms with van der Waals surface area (Å²) in [5.41, 5.74) is 0.920. The number of thioether (sulfide) groups is 1. The van der Waals surface area contributed by atoms with E-state index in [4.69, 9.17) is 0 Å². The van der Waals surface area contributed by atoms with Crippen LogP contribution in [0.25, 0.3) is 10.2 Å². The average Bonchev–Trinajstić information content (AvgIpc) is 2.93. The van der Waals surface area contributed by atoms with Gasteiger partial charge in [-0.3, -0.25) is 9.59 Å². The van der Waals surface area contributed by atoms with Gasteiger partial charge >= 0.3 is 0 Å². The molecule has 1 aliphatic rings. The maximum absolute atomic E-state index is 12.7. The second kappa shape index (κ2) is 9.41. The SMILES string of the molecule is Cc1sc2nc(CSC(C)C(=O)N(C)C3CCNCC3)[nH]c(=O)c2c1C.Cl. The van der Waals surface area contributed by atoms with Crippen LogP contribution in [0, 0.1) is 13.8 Å². The van der Waals surface area contributed by atoms with Crippen LogP contribution in [-0.4, -0.2) is 52.2 Å². The lowest BCUT2D eigenvalue weighted by Crippen LogP contribution is -2.46. The molecule has 0 bridgehead atoms. The molecule has 3 heterocycles. The van der Waals surface area contributed by atoms with Crippen molar-refractivity contribution in [2.24, 2.45) is 0 Å². The molecule has 2 aromatic rings. The van der Waals surface area contributed by atoms with Gasteiger partial charge < -0.3 is 15.2 Å². The quantitative estimate of drug-likeness (QED) is 0.762. The largest absolute Gasteiger partial charge is 0.342 e. The van der Waals surface area contributed by atoms with Crippen LogP contribution in [-0.2, 0) is 10.5 Å². The third-order valence-electron chi connectivity index (χ3n) is 5.11. The molecular formula is C18H27ClN4O2S2. The van der Waals surface area contributed by atoms with Gasteiger partial charge in [-0.15, -0.1) is 35.5 Å². The molecule has 1 unspecified atom stereocenters. The lowest BCUT2D eigenvalue weighted by molar-refractivity contribution is -0.131. The number of aromatic nitrogens is 2. The number of hydrogen-bond acceptors (Lipinski definition) is 6. The number of halogens is 1. The number of nitrogens with one attached hydrogen (secondary N) is 2. The average molecular weight is 431 g/mol. The van der Waals surface area contributed by atoms with Crippen LogP contribution in [0.15, 0.2) is 4.79 Å². The number of carbonyl (C=O) groups excluding carboxylic acids is 1. The standard InChI is InChI=1S/C18H26N4O2S2.ClH/c1-10-11(2)26-17-15(10)16(23)20-14(21-17)9-25-12(3)18(24)22(4)13-5-7-19-8-6-13;/h12-13,19H,5-9H2,1-4H3,(H,20,21,23);1H. The molecule has 2 aromatic heterocycles. The molecule has 1 amide bonds. The van der Waals surface area contributed by atoms with Crippen molar-refractivity contribution in [3.63, 3.8) is 0 Å². The van der Waals surface area contributed by atoms with Gasteiger partial charge in [0, 0.05) is 18.0 Å². The van der Waals surface area contributed by atoms with Crippen LogP contribution in [0.2, 0.25) is 0 Å².